The zero-order valence-electron chi connectivity index (χ0n) is 20.1. The van der Waals surface area contributed by atoms with E-state index in [4.69, 9.17) is 9.47 Å². The lowest BCUT2D eigenvalue weighted by Crippen LogP contribution is -2.35. The van der Waals surface area contributed by atoms with Gasteiger partial charge >= 0.3 is 6.09 Å². The summed E-state index contributed by atoms with van der Waals surface area (Å²) in [5.74, 6) is 1.76. The van der Waals surface area contributed by atoms with Crippen LogP contribution in [-0.2, 0) is 11.2 Å². The van der Waals surface area contributed by atoms with Gasteiger partial charge in [0, 0.05) is 24.1 Å². The van der Waals surface area contributed by atoms with Crippen molar-refractivity contribution in [2.45, 2.75) is 50.7 Å². The number of nitrogens with one attached hydrogen (secondary N) is 2. The number of carbonyl (C=O) groups excluding carboxylic acids is 1. The molecule has 0 spiro atoms. The van der Waals surface area contributed by atoms with Gasteiger partial charge in [0.05, 0.1) is 6.54 Å². The molecule has 3 aliphatic rings. The van der Waals surface area contributed by atoms with Crippen LogP contribution in [0.15, 0.2) is 66.7 Å². The highest BCUT2D eigenvalue weighted by atomic mass is 16.5. The molecule has 0 bridgehead atoms. The molecule has 5 nitrogen and oxygen atoms in total. The van der Waals surface area contributed by atoms with Gasteiger partial charge in [0.1, 0.15) is 18.5 Å². The van der Waals surface area contributed by atoms with E-state index in [0.717, 1.165) is 23.8 Å². The first-order chi connectivity index (χ1) is 17.2. The number of rotatable bonds is 7. The van der Waals surface area contributed by atoms with E-state index >= 15 is 0 Å². The zero-order valence-corrected chi connectivity index (χ0v) is 20.1. The lowest BCUT2D eigenvalue weighted by Gasteiger charge is -2.32. The first-order valence-corrected chi connectivity index (χ1v) is 12.8. The average molecular weight is 469 g/mol. The Labute approximate surface area is 206 Å². The number of amides is 1. The predicted molar refractivity (Wildman–Crippen MR) is 138 cm³/mol. The van der Waals surface area contributed by atoms with Crippen molar-refractivity contribution in [2.75, 3.05) is 18.5 Å². The third-order valence-electron chi connectivity index (χ3n) is 7.87. The molecule has 0 aromatic heterocycles. The summed E-state index contributed by atoms with van der Waals surface area (Å²) >= 11 is 0. The van der Waals surface area contributed by atoms with Crippen LogP contribution in [0.1, 0.15) is 48.8 Å². The van der Waals surface area contributed by atoms with Gasteiger partial charge in [-0.15, -0.1) is 0 Å². The van der Waals surface area contributed by atoms with Crippen molar-refractivity contribution in [3.63, 3.8) is 0 Å². The quantitative estimate of drug-likeness (QED) is 0.438. The van der Waals surface area contributed by atoms with Crippen molar-refractivity contribution < 1.29 is 14.3 Å². The molecule has 3 aromatic rings. The Kier molecular flexibility index (Phi) is 5.85. The number of ether oxygens (including phenoxy) is 2. The van der Waals surface area contributed by atoms with Crippen LogP contribution in [0.4, 0.5) is 10.5 Å². The fraction of sp³-hybridized carbons (Fsp3) is 0.367. The number of fused-ring (bicyclic) bond motifs is 4. The monoisotopic (exact) mass is 468 g/mol. The Hall–Kier alpha value is -3.47. The third-order valence-corrected chi connectivity index (χ3v) is 7.87. The van der Waals surface area contributed by atoms with Crippen LogP contribution >= 0.6 is 0 Å². The minimum absolute atomic E-state index is 0.0633. The molecule has 1 aliphatic heterocycles. The lowest BCUT2D eigenvalue weighted by molar-refractivity contribution is 0.136. The summed E-state index contributed by atoms with van der Waals surface area (Å²) in [5.41, 5.74) is 7.22. The minimum atomic E-state index is -0.400. The van der Waals surface area contributed by atoms with Crippen LogP contribution in [0.2, 0.25) is 0 Å². The van der Waals surface area contributed by atoms with Gasteiger partial charge in [-0.25, -0.2) is 4.79 Å². The molecule has 0 saturated heterocycles. The van der Waals surface area contributed by atoms with Crippen molar-refractivity contribution >= 4 is 11.8 Å². The van der Waals surface area contributed by atoms with E-state index in [1.54, 1.807) is 0 Å². The largest absolute Gasteiger partial charge is 0.488 e. The lowest BCUT2D eigenvalue weighted by atomic mass is 9.80. The van der Waals surface area contributed by atoms with E-state index in [0.29, 0.717) is 19.2 Å². The van der Waals surface area contributed by atoms with E-state index < -0.39 is 6.09 Å². The second-order valence-corrected chi connectivity index (χ2v) is 10.1. The molecule has 2 aliphatic carbocycles. The first-order valence-electron chi connectivity index (χ1n) is 12.8. The van der Waals surface area contributed by atoms with Crippen molar-refractivity contribution in [2.24, 2.45) is 5.92 Å². The average Bonchev–Trinajstić information content (AvgIpc) is 3.38. The van der Waals surface area contributed by atoms with E-state index in [1.807, 2.05) is 18.2 Å². The van der Waals surface area contributed by atoms with E-state index in [9.17, 15) is 4.79 Å². The number of alkyl carbamates (subject to hydrolysis) is 1. The molecule has 180 valence electrons. The van der Waals surface area contributed by atoms with E-state index in [2.05, 4.69) is 66.1 Å². The van der Waals surface area contributed by atoms with Crippen LogP contribution < -0.4 is 15.4 Å². The van der Waals surface area contributed by atoms with Crippen LogP contribution in [0.25, 0.3) is 11.1 Å². The Morgan fingerprint density at radius 3 is 2.43 bits per heavy atom. The van der Waals surface area contributed by atoms with Gasteiger partial charge in [-0.3, -0.25) is 0 Å². The molecule has 3 aromatic carbocycles. The smallest absolute Gasteiger partial charge is 0.407 e. The highest BCUT2D eigenvalue weighted by molar-refractivity contribution is 5.79. The fourth-order valence-corrected chi connectivity index (χ4v) is 5.69. The molecule has 2 N–H and O–H groups in total. The summed E-state index contributed by atoms with van der Waals surface area (Å²) in [6.45, 7) is 3.01. The fourth-order valence-electron chi connectivity index (χ4n) is 5.69. The minimum Gasteiger partial charge on any atom is -0.488 e. The summed E-state index contributed by atoms with van der Waals surface area (Å²) in [7, 11) is 0. The summed E-state index contributed by atoms with van der Waals surface area (Å²) in [6, 6.07) is 23.5. The zero-order chi connectivity index (χ0) is 23.8. The van der Waals surface area contributed by atoms with Crippen LogP contribution in [0.3, 0.4) is 0 Å². The van der Waals surface area contributed by atoms with Gasteiger partial charge in [0.2, 0.25) is 0 Å². The number of benzene rings is 3. The standard InChI is InChI=1S/C30H32N2O3/c1-19(20-7-6-8-20)32-22-13-14-29-21(15-22)16-23(35-29)17-31-30(33)34-18-28-26-11-4-2-9-24(26)25-10-3-5-12-27(25)28/h2-5,9-15,19-20,23,28,32H,6-8,16-18H2,1H3,(H,31,33). The summed E-state index contributed by atoms with van der Waals surface area (Å²) in [6.07, 6.45) is 4.31. The van der Waals surface area contributed by atoms with E-state index in [1.165, 1.54) is 47.1 Å². The van der Waals surface area contributed by atoms with Gasteiger partial charge in [0.25, 0.3) is 0 Å². The number of hydrogen-bond donors (Lipinski definition) is 2. The molecule has 2 atom stereocenters. The second kappa shape index (κ2) is 9.29. The third kappa shape index (κ3) is 4.36. The molecule has 35 heavy (non-hydrogen) atoms. The van der Waals surface area contributed by atoms with Crippen LogP contribution in [0, 0.1) is 5.92 Å². The van der Waals surface area contributed by atoms with Crippen LogP contribution in [-0.4, -0.2) is 31.4 Å². The second-order valence-electron chi connectivity index (χ2n) is 10.1. The number of carbonyl (C=O) groups is 1. The SMILES string of the molecule is CC(Nc1ccc2c(c1)CC(CNC(=O)OCC1c3ccccc3-c3ccccc31)O2)C1CCC1. The molecular weight excluding hydrogens is 436 g/mol. The van der Waals surface area contributed by atoms with Crippen molar-refractivity contribution in [1.82, 2.24) is 5.32 Å². The molecule has 5 heteroatoms. The van der Waals surface area contributed by atoms with Gasteiger partial charge < -0.3 is 20.1 Å². The maximum Gasteiger partial charge on any atom is 0.407 e. The Morgan fingerprint density at radius 1 is 1.03 bits per heavy atom. The van der Waals surface area contributed by atoms with Crippen molar-refractivity contribution in [3.8, 4) is 16.9 Å². The van der Waals surface area contributed by atoms with Crippen molar-refractivity contribution in [3.05, 3.63) is 83.4 Å². The molecule has 1 fully saturated rings. The highest BCUT2D eigenvalue weighted by Gasteiger charge is 2.30. The van der Waals surface area contributed by atoms with Gasteiger partial charge in [-0.05, 0) is 71.7 Å². The van der Waals surface area contributed by atoms with Gasteiger partial charge in [0.15, 0.2) is 0 Å². The maximum absolute atomic E-state index is 12.5. The van der Waals surface area contributed by atoms with Gasteiger partial charge in [-0.1, -0.05) is 55.0 Å². The summed E-state index contributed by atoms with van der Waals surface area (Å²) in [5, 5.41) is 6.56. The predicted octanol–water partition coefficient (Wildman–Crippen LogP) is 6.13. The Balaban J connectivity index is 1.01. The Bertz CT molecular complexity index is 1190. The molecule has 2 unspecified atom stereocenters. The number of anilines is 1. The normalized spacial score (nSPS) is 19.1. The molecule has 1 saturated carbocycles. The van der Waals surface area contributed by atoms with Crippen molar-refractivity contribution in [1.29, 1.82) is 0 Å². The topological polar surface area (TPSA) is 59.6 Å². The number of hydrogen-bond acceptors (Lipinski definition) is 4. The summed E-state index contributed by atoms with van der Waals surface area (Å²) in [4.78, 5) is 12.5. The van der Waals surface area contributed by atoms with E-state index in [-0.39, 0.29) is 12.0 Å². The Morgan fingerprint density at radius 2 is 1.74 bits per heavy atom. The molecule has 6 rings (SSSR count). The van der Waals surface area contributed by atoms with Gasteiger partial charge in [-0.2, -0.15) is 0 Å². The highest BCUT2D eigenvalue weighted by Crippen LogP contribution is 2.44. The first kappa shape index (κ1) is 22.0. The summed E-state index contributed by atoms with van der Waals surface area (Å²) < 4.78 is 11.7. The maximum atomic E-state index is 12.5. The molecule has 1 amide bonds. The molecule has 1 heterocycles. The van der Waals surface area contributed by atoms with Crippen LogP contribution in [0.5, 0.6) is 5.75 Å². The molecule has 0 radical (unpaired) electrons. The molecular formula is C30H32N2O3.